The highest BCUT2D eigenvalue weighted by atomic mass is 127. The lowest BCUT2D eigenvalue weighted by molar-refractivity contribution is 0.632. The summed E-state index contributed by atoms with van der Waals surface area (Å²) in [6.45, 7) is 9.41. The molecule has 0 fully saturated rings. The number of para-hydroxylation sites is 2. The molecule has 1 aromatic heterocycles. The molecule has 8 aromatic rings. The fourth-order valence-electron chi connectivity index (χ4n) is 7.84. The lowest BCUT2D eigenvalue weighted by atomic mass is 9.73. The van der Waals surface area contributed by atoms with Gasteiger partial charge in [0.2, 0.25) is 0 Å². The standard InChI is InChI=1S/C50H41IN5Si/c1-50(2)39-22-14-15-23-44(39)56(38-20-12-7-13-21-38)45-31-35(24-27-40(45)50)36-25-29-43(46(32-36)57(3)4)52-42-28-26-37(30-41(42)51)49-54-47(33-16-8-5-9-17-33)53-48(55-49)34-18-10-6-11-19-34/h5-32,52H,1-4H3/q+1. The molecule has 0 radical (unpaired) electrons. The van der Waals surface area contributed by atoms with Crippen molar-refractivity contribution in [3.63, 3.8) is 0 Å². The Morgan fingerprint density at radius 3 is 1.63 bits per heavy atom. The summed E-state index contributed by atoms with van der Waals surface area (Å²) < 4.78 is 1.09. The third-order valence-electron chi connectivity index (χ3n) is 10.8. The van der Waals surface area contributed by atoms with Crippen LogP contribution in [-0.2, 0) is 5.41 Å². The molecule has 0 saturated heterocycles. The van der Waals surface area contributed by atoms with Gasteiger partial charge in [-0.2, -0.15) is 0 Å². The van der Waals surface area contributed by atoms with Gasteiger partial charge in [-0.3, -0.25) is 0 Å². The molecule has 276 valence electrons. The van der Waals surface area contributed by atoms with Crippen molar-refractivity contribution >= 4 is 65.0 Å². The van der Waals surface area contributed by atoms with Crippen LogP contribution < -0.4 is 15.4 Å². The van der Waals surface area contributed by atoms with Crippen LogP contribution in [0.25, 0.3) is 45.3 Å². The molecule has 0 atom stereocenters. The van der Waals surface area contributed by atoms with Crippen molar-refractivity contribution in [1.82, 2.24) is 15.0 Å². The molecule has 0 spiro atoms. The van der Waals surface area contributed by atoms with Gasteiger partial charge in [0.15, 0.2) is 17.5 Å². The second kappa shape index (κ2) is 15.2. The normalized spacial score (nSPS) is 12.8. The molecule has 2 heterocycles. The molecule has 0 saturated carbocycles. The third-order valence-corrected chi connectivity index (χ3v) is 13.2. The van der Waals surface area contributed by atoms with Crippen molar-refractivity contribution < 1.29 is 0 Å². The van der Waals surface area contributed by atoms with E-state index in [-0.39, 0.29) is 5.41 Å². The van der Waals surface area contributed by atoms with E-state index in [0.29, 0.717) is 17.5 Å². The van der Waals surface area contributed by atoms with Crippen LogP contribution in [0.4, 0.5) is 28.4 Å². The minimum absolute atomic E-state index is 0.137. The lowest BCUT2D eigenvalue weighted by Crippen LogP contribution is -2.30. The SMILES string of the molecule is C[Si+](C)c1cc(-c2ccc3c(c2)N(c2ccccc2)c2ccccc2C3(C)C)ccc1Nc1ccc(-c2nc(-c3ccccc3)nc(-c3ccccc3)n2)cc1I. The quantitative estimate of drug-likeness (QED) is 0.122. The largest absolute Gasteiger partial charge is 0.352 e. The van der Waals surface area contributed by atoms with Crippen LogP contribution >= 0.6 is 22.6 Å². The molecule has 1 aliphatic rings. The van der Waals surface area contributed by atoms with Gasteiger partial charge in [-0.05, 0) is 99.4 Å². The maximum absolute atomic E-state index is 4.95. The number of anilines is 5. The lowest BCUT2D eigenvalue weighted by Gasteiger charge is -2.42. The number of hydrogen-bond acceptors (Lipinski definition) is 5. The number of aromatic nitrogens is 3. The monoisotopic (exact) mass is 866 g/mol. The summed E-state index contributed by atoms with van der Waals surface area (Å²) in [7, 11) is -0.846. The predicted molar refractivity (Wildman–Crippen MR) is 248 cm³/mol. The highest BCUT2D eigenvalue weighted by molar-refractivity contribution is 14.1. The van der Waals surface area contributed by atoms with E-state index in [0.717, 1.165) is 37.3 Å². The van der Waals surface area contributed by atoms with Crippen molar-refractivity contribution in [2.75, 3.05) is 10.2 Å². The zero-order valence-corrected chi connectivity index (χ0v) is 35.5. The summed E-state index contributed by atoms with van der Waals surface area (Å²) in [6.07, 6.45) is 0. The number of halogens is 1. The van der Waals surface area contributed by atoms with Crippen LogP contribution in [0.5, 0.6) is 0 Å². The first-order valence-electron chi connectivity index (χ1n) is 19.2. The van der Waals surface area contributed by atoms with Crippen molar-refractivity contribution in [2.45, 2.75) is 32.4 Å². The van der Waals surface area contributed by atoms with Gasteiger partial charge in [-0.25, -0.2) is 15.0 Å². The third kappa shape index (κ3) is 7.06. The molecule has 9 rings (SSSR count). The van der Waals surface area contributed by atoms with E-state index in [4.69, 9.17) is 15.0 Å². The highest BCUT2D eigenvalue weighted by Crippen LogP contribution is 2.52. The van der Waals surface area contributed by atoms with E-state index < -0.39 is 8.80 Å². The van der Waals surface area contributed by atoms with Crippen LogP contribution in [0.3, 0.4) is 0 Å². The van der Waals surface area contributed by atoms with Crippen LogP contribution in [0.15, 0.2) is 170 Å². The van der Waals surface area contributed by atoms with Gasteiger partial charge in [-0.15, -0.1) is 0 Å². The van der Waals surface area contributed by atoms with E-state index >= 15 is 0 Å². The van der Waals surface area contributed by atoms with Crippen LogP contribution in [-0.4, -0.2) is 23.7 Å². The van der Waals surface area contributed by atoms with Gasteiger partial charge in [-0.1, -0.05) is 129 Å². The number of rotatable bonds is 8. The number of fused-ring (bicyclic) bond motifs is 2. The van der Waals surface area contributed by atoms with E-state index in [1.807, 2.05) is 60.7 Å². The molecule has 7 heteroatoms. The van der Waals surface area contributed by atoms with Gasteiger partial charge in [0.25, 0.3) is 0 Å². The Kier molecular flexibility index (Phi) is 9.80. The molecule has 0 amide bonds. The number of nitrogens with zero attached hydrogens (tertiary/aromatic N) is 4. The molecule has 5 nitrogen and oxygen atoms in total. The Bertz CT molecular complexity index is 2680. The van der Waals surface area contributed by atoms with E-state index in [1.165, 1.54) is 38.8 Å². The van der Waals surface area contributed by atoms with Crippen molar-refractivity contribution in [1.29, 1.82) is 0 Å². The van der Waals surface area contributed by atoms with E-state index in [2.05, 4.69) is 169 Å². The zero-order chi connectivity index (χ0) is 39.1. The molecule has 57 heavy (non-hydrogen) atoms. The van der Waals surface area contributed by atoms with E-state index in [1.54, 1.807) is 0 Å². The molecular formula is C50H41IN5Si+. The average Bonchev–Trinajstić information content (AvgIpc) is 3.25. The maximum atomic E-state index is 4.95. The van der Waals surface area contributed by atoms with Gasteiger partial charge >= 0.3 is 8.80 Å². The summed E-state index contributed by atoms with van der Waals surface area (Å²) in [5, 5.41) is 5.17. The fraction of sp³-hybridized carbons (Fsp3) is 0.100. The first kappa shape index (κ1) is 36.7. The molecule has 0 aliphatic carbocycles. The first-order valence-corrected chi connectivity index (χ1v) is 22.8. The summed E-state index contributed by atoms with van der Waals surface area (Å²) in [5.41, 5.74) is 13.6. The molecule has 1 aliphatic heterocycles. The molecule has 0 bridgehead atoms. The predicted octanol–water partition coefficient (Wildman–Crippen LogP) is 13.0. The van der Waals surface area contributed by atoms with Crippen LogP contribution in [0.1, 0.15) is 25.0 Å². The number of benzene rings is 7. The fourth-order valence-corrected chi connectivity index (χ4v) is 9.62. The van der Waals surface area contributed by atoms with Crippen LogP contribution in [0, 0.1) is 3.57 Å². The topological polar surface area (TPSA) is 53.9 Å². The summed E-state index contributed by atoms with van der Waals surface area (Å²) in [4.78, 5) is 17.2. The van der Waals surface area contributed by atoms with Crippen molar-refractivity contribution in [3.8, 4) is 45.3 Å². The molecule has 1 N–H and O–H groups in total. The van der Waals surface area contributed by atoms with Crippen LogP contribution in [0.2, 0.25) is 13.1 Å². The zero-order valence-electron chi connectivity index (χ0n) is 32.3. The summed E-state index contributed by atoms with van der Waals surface area (Å²) >= 11 is 2.42. The summed E-state index contributed by atoms with van der Waals surface area (Å²) in [5.74, 6) is 1.96. The Balaban J connectivity index is 1.05. The second-order valence-corrected chi connectivity index (χ2v) is 18.9. The first-order chi connectivity index (χ1) is 27.7. The van der Waals surface area contributed by atoms with Gasteiger partial charge in [0.1, 0.15) is 5.19 Å². The maximum Gasteiger partial charge on any atom is 0.347 e. The molecular weight excluding hydrogens is 826 g/mol. The van der Waals surface area contributed by atoms with Gasteiger partial charge < -0.3 is 10.2 Å². The smallest absolute Gasteiger partial charge is 0.347 e. The summed E-state index contributed by atoms with van der Waals surface area (Å²) in [6, 6.07) is 60.1. The molecule has 7 aromatic carbocycles. The minimum atomic E-state index is -0.846. The Labute approximate surface area is 350 Å². The van der Waals surface area contributed by atoms with Gasteiger partial charge in [0.05, 0.1) is 35.8 Å². The molecule has 0 unspecified atom stereocenters. The van der Waals surface area contributed by atoms with Crippen molar-refractivity contribution in [2.24, 2.45) is 0 Å². The van der Waals surface area contributed by atoms with Gasteiger partial charge in [0, 0.05) is 31.4 Å². The second-order valence-electron chi connectivity index (χ2n) is 15.2. The number of nitrogens with one attached hydrogen (secondary N) is 1. The number of hydrogen-bond donors (Lipinski definition) is 1. The van der Waals surface area contributed by atoms with E-state index in [9.17, 15) is 0 Å². The minimum Gasteiger partial charge on any atom is -0.352 e. The van der Waals surface area contributed by atoms with Crippen molar-refractivity contribution in [3.05, 3.63) is 185 Å². The Hall–Kier alpha value is -5.90. The Morgan fingerprint density at radius 1 is 0.491 bits per heavy atom. The average molecular weight is 867 g/mol. The highest BCUT2D eigenvalue weighted by Gasteiger charge is 2.37. The Morgan fingerprint density at radius 2 is 1.00 bits per heavy atom.